The predicted octanol–water partition coefficient (Wildman–Crippen LogP) is 3.95. The topological polar surface area (TPSA) is 76.7 Å². The van der Waals surface area contributed by atoms with Crippen molar-refractivity contribution in [3.8, 4) is 11.5 Å². The summed E-state index contributed by atoms with van der Waals surface area (Å²) < 4.78 is 11.2. The molecule has 0 aromatic heterocycles. The lowest BCUT2D eigenvalue weighted by atomic mass is 10.1. The molecule has 6 nitrogen and oxygen atoms in total. The molecule has 6 heteroatoms. The molecule has 0 saturated heterocycles. The van der Waals surface area contributed by atoms with Crippen molar-refractivity contribution in [3.63, 3.8) is 0 Å². The monoisotopic (exact) mass is 416 g/mol. The van der Waals surface area contributed by atoms with Crippen LogP contribution in [0.25, 0.3) is 0 Å². The Balaban J connectivity index is 1.54. The Hall–Kier alpha value is -4.06. The van der Waals surface area contributed by atoms with Crippen molar-refractivity contribution in [2.45, 2.75) is 6.42 Å². The molecule has 0 aliphatic rings. The highest BCUT2D eigenvalue weighted by molar-refractivity contribution is 6.00. The fourth-order valence-corrected chi connectivity index (χ4v) is 2.81. The minimum atomic E-state index is -0.463. The predicted molar refractivity (Wildman–Crippen MR) is 119 cm³/mol. The number of nitrogens with one attached hydrogen (secondary N) is 2. The summed E-state index contributed by atoms with van der Waals surface area (Å²) in [5.74, 6) is 0.177. The third kappa shape index (κ3) is 6.47. The molecule has 0 atom stereocenters. The van der Waals surface area contributed by atoms with Crippen molar-refractivity contribution in [3.05, 3.63) is 108 Å². The number of ether oxygens (including phenoxy) is 2. The number of benzene rings is 3. The molecule has 0 unspecified atom stereocenters. The van der Waals surface area contributed by atoms with Gasteiger partial charge in [0.2, 0.25) is 0 Å². The van der Waals surface area contributed by atoms with Crippen LogP contribution in [-0.4, -0.2) is 25.0 Å². The summed E-state index contributed by atoms with van der Waals surface area (Å²) in [5, 5.41) is 0. The van der Waals surface area contributed by atoms with Crippen LogP contribution in [0.2, 0.25) is 0 Å². The lowest BCUT2D eigenvalue weighted by Gasteiger charge is -2.12. The van der Waals surface area contributed by atoms with Crippen LogP contribution in [-0.2, 0) is 6.42 Å². The van der Waals surface area contributed by atoms with Gasteiger partial charge in [-0.3, -0.25) is 20.4 Å². The summed E-state index contributed by atoms with van der Waals surface area (Å²) in [7, 11) is 0. The standard InChI is InChI=1S/C25H24N2O4/c1-2-17-30-21-14-12-20(13-15-21)24(28)26-27-25(29)22-10-6-7-11-23(22)31-18-16-19-8-4-3-5-9-19/h2-15H,1,16-18H2,(H,26,28)(H,27,29). The molecule has 3 aromatic carbocycles. The maximum absolute atomic E-state index is 12.6. The zero-order valence-corrected chi connectivity index (χ0v) is 17.0. The molecule has 0 heterocycles. The first kappa shape index (κ1) is 21.6. The van der Waals surface area contributed by atoms with Crippen molar-refractivity contribution in [1.82, 2.24) is 10.9 Å². The third-order valence-electron chi connectivity index (χ3n) is 4.40. The van der Waals surface area contributed by atoms with E-state index in [2.05, 4.69) is 17.4 Å². The fourth-order valence-electron chi connectivity index (χ4n) is 2.81. The number of hydrazine groups is 1. The van der Waals surface area contributed by atoms with Gasteiger partial charge in [0.15, 0.2) is 0 Å². The van der Waals surface area contributed by atoms with Crippen LogP contribution < -0.4 is 20.3 Å². The normalized spacial score (nSPS) is 10.1. The third-order valence-corrected chi connectivity index (χ3v) is 4.40. The lowest BCUT2D eigenvalue weighted by Crippen LogP contribution is -2.41. The Morgan fingerprint density at radius 3 is 2.23 bits per heavy atom. The first-order valence-corrected chi connectivity index (χ1v) is 9.87. The van der Waals surface area contributed by atoms with Crippen LogP contribution in [0.5, 0.6) is 11.5 Å². The van der Waals surface area contributed by atoms with Crippen molar-refractivity contribution in [2.75, 3.05) is 13.2 Å². The zero-order chi connectivity index (χ0) is 21.9. The fraction of sp³-hybridized carbons (Fsp3) is 0.120. The SMILES string of the molecule is C=CCOc1ccc(C(=O)NNC(=O)c2ccccc2OCCc2ccccc2)cc1. The Morgan fingerprint density at radius 2 is 1.48 bits per heavy atom. The van der Waals surface area contributed by atoms with Gasteiger partial charge in [-0.25, -0.2) is 0 Å². The minimum absolute atomic E-state index is 0.337. The van der Waals surface area contributed by atoms with Gasteiger partial charge < -0.3 is 9.47 Å². The van der Waals surface area contributed by atoms with E-state index >= 15 is 0 Å². The molecule has 0 bridgehead atoms. The van der Waals surface area contributed by atoms with Crippen LogP contribution in [0, 0.1) is 0 Å². The Labute approximate surface area is 181 Å². The van der Waals surface area contributed by atoms with Gasteiger partial charge in [0, 0.05) is 12.0 Å². The number of carbonyl (C=O) groups excluding carboxylic acids is 2. The van der Waals surface area contributed by atoms with Crippen LogP contribution in [0.1, 0.15) is 26.3 Å². The van der Waals surface area contributed by atoms with Crippen molar-refractivity contribution >= 4 is 11.8 Å². The zero-order valence-electron chi connectivity index (χ0n) is 17.0. The second kappa shape index (κ2) is 11.2. The maximum atomic E-state index is 12.6. The lowest BCUT2D eigenvalue weighted by molar-refractivity contribution is 0.0844. The van der Waals surface area contributed by atoms with E-state index in [9.17, 15) is 9.59 Å². The molecule has 158 valence electrons. The maximum Gasteiger partial charge on any atom is 0.273 e. The summed E-state index contributed by atoms with van der Waals surface area (Å²) in [5.41, 5.74) is 6.72. The summed E-state index contributed by atoms with van der Waals surface area (Å²) >= 11 is 0. The van der Waals surface area contributed by atoms with Gasteiger partial charge in [-0.2, -0.15) is 0 Å². The summed E-state index contributed by atoms with van der Waals surface area (Å²) in [4.78, 5) is 24.9. The van der Waals surface area contributed by atoms with Gasteiger partial charge >= 0.3 is 0 Å². The van der Waals surface area contributed by atoms with Crippen LogP contribution in [0.15, 0.2) is 91.5 Å². The van der Waals surface area contributed by atoms with Crippen molar-refractivity contribution in [1.29, 1.82) is 0 Å². The van der Waals surface area contributed by atoms with E-state index < -0.39 is 11.8 Å². The molecular weight excluding hydrogens is 392 g/mol. The first-order valence-electron chi connectivity index (χ1n) is 9.87. The molecule has 2 N–H and O–H groups in total. The highest BCUT2D eigenvalue weighted by atomic mass is 16.5. The van der Waals surface area contributed by atoms with E-state index in [0.29, 0.717) is 35.8 Å². The van der Waals surface area contributed by atoms with Gasteiger partial charge in [-0.1, -0.05) is 55.1 Å². The van der Waals surface area contributed by atoms with Crippen molar-refractivity contribution < 1.29 is 19.1 Å². The summed E-state index contributed by atoms with van der Waals surface area (Å²) in [6.45, 7) is 4.40. The number of amides is 2. The van der Waals surface area contributed by atoms with Gasteiger partial charge in [0.25, 0.3) is 11.8 Å². The van der Waals surface area contributed by atoms with Crippen LogP contribution in [0.4, 0.5) is 0 Å². The molecule has 2 amide bonds. The van der Waals surface area contributed by atoms with E-state index in [0.717, 1.165) is 12.0 Å². The van der Waals surface area contributed by atoms with Crippen LogP contribution in [0.3, 0.4) is 0 Å². The average Bonchev–Trinajstić information content (AvgIpc) is 2.82. The van der Waals surface area contributed by atoms with E-state index in [4.69, 9.17) is 9.47 Å². The molecule has 0 fully saturated rings. The quantitative estimate of drug-likeness (QED) is 0.409. The largest absolute Gasteiger partial charge is 0.492 e. The van der Waals surface area contributed by atoms with Gasteiger partial charge in [0.1, 0.15) is 18.1 Å². The number of para-hydroxylation sites is 1. The Morgan fingerprint density at radius 1 is 0.806 bits per heavy atom. The average molecular weight is 416 g/mol. The summed E-state index contributed by atoms with van der Waals surface area (Å²) in [6.07, 6.45) is 2.36. The van der Waals surface area contributed by atoms with Gasteiger partial charge in [-0.15, -0.1) is 0 Å². The van der Waals surface area contributed by atoms with Gasteiger partial charge in [0.05, 0.1) is 12.2 Å². The molecule has 0 aliphatic carbocycles. The molecule has 3 rings (SSSR count). The van der Waals surface area contributed by atoms with Crippen molar-refractivity contribution in [2.24, 2.45) is 0 Å². The molecule has 0 saturated carbocycles. The highest BCUT2D eigenvalue weighted by Crippen LogP contribution is 2.18. The molecular formula is C25H24N2O4. The molecule has 0 aliphatic heterocycles. The number of carbonyl (C=O) groups is 2. The second-order valence-corrected chi connectivity index (χ2v) is 6.61. The van der Waals surface area contributed by atoms with E-state index in [1.54, 1.807) is 54.6 Å². The molecule has 3 aromatic rings. The van der Waals surface area contributed by atoms with E-state index in [-0.39, 0.29) is 0 Å². The first-order chi connectivity index (χ1) is 15.2. The molecule has 31 heavy (non-hydrogen) atoms. The number of hydrogen-bond donors (Lipinski definition) is 2. The number of rotatable bonds is 9. The van der Waals surface area contributed by atoms with E-state index in [1.165, 1.54) is 0 Å². The second-order valence-electron chi connectivity index (χ2n) is 6.61. The summed E-state index contributed by atoms with van der Waals surface area (Å²) in [6, 6.07) is 23.4. The Kier molecular flexibility index (Phi) is 7.83. The Bertz CT molecular complexity index is 1020. The van der Waals surface area contributed by atoms with Gasteiger partial charge in [-0.05, 0) is 42.0 Å². The highest BCUT2D eigenvalue weighted by Gasteiger charge is 2.14. The molecule has 0 radical (unpaired) electrons. The van der Waals surface area contributed by atoms with Crippen LogP contribution >= 0.6 is 0 Å². The number of hydrogen-bond acceptors (Lipinski definition) is 4. The minimum Gasteiger partial charge on any atom is -0.492 e. The smallest absolute Gasteiger partial charge is 0.273 e. The molecule has 0 spiro atoms. The van der Waals surface area contributed by atoms with E-state index in [1.807, 2.05) is 30.3 Å².